The SMILES string of the molecule is Nn1c(SCC(=O)Nc2cc(Cl)ccc2O)nnc1C1CCCCC1. The van der Waals surface area contributed by atoms with Crippen LogP contribution in [0.25, 0.3) is 0 Å². The molecule has 7 nitrogen and oxygen atoms in total. The number of aromatic hydroxyl groups is 1. The van der Waals surface area contributed by atoms with Gasteiger partial charge in [0.25, 0.3) is 0 Å². The summed E-state index contributed by atoms with van der Waals surface area (Å²) in [4.78, 5) is 12.1. The van der Waals surface area contributed by atoms with Crippen molar-refractivity contribution in [3.05, 3.63) is 29.0 Å². The number of carbonyl (C=O) groups excluding carboxylic acids is 1. The van der Waals surface area contributed by atoms with Gasteiger partial charge in [0.2, 0.25) is 11.1 Å². The highest BCUT2D eigenvalue weighted by atomic mass is 35.5. The van der Waals surface area contributed by atoms with Gasteiger partial charge in [-0.05, 0) is 31.0 Å². The fourth-order valence-corrected chi connectivity index (χ4v) is 3.79. The van der Waals surface area contributed by atoms with Gasteiger partial charge >= 0.3 is 0 Å². The number of benzene rings is 1. The number of thioether (sulfide) groups is 1. The molecule has 1 fully saturated rings. The van der Waals surface area contributed by atoms with Gasteiger partial charge in [-0.15, -0.1) is 10.2 Å². The molecule has 4 N–H and O–H groups in total. The number of nitrogens with one attached hydrogen (secondary N) is 1. The van der Waals surface area contributed by atoms with Crippen molar-refractivity contribution in [1.82, 2.24) is 14.9 Å². The first-order valence-corrected chi connectivity index (χ1v) is 9.52. The van der Waals surface area contributed by atoms with Gasteiger partial charge in [0.15, 0.2) is 5.82 Å². The van der Waals surface area contributed by atoms with Gasteiger partial charge in [-0.25, -0.2) is 4.68 Å². The summed E-state index contributed by atoms with van der Waals surface area (Å²) in [7, 11) is 0. The second-order valence-corrected chi connectivity index (χ2v) is 7.42. The topological polar surface area (TPSA) is 106 Å². The molecule has 1 aromatic carbocycles. The molecular weight excluding hydrogens is 362 g/mol. The lowest BCUT2D eigenvalue weighted by Gasteiger charge is -2.20. The number of nitrogen functional groups attached to an aromatic ring is 1. The maximum Gasteiger partial charge on any atom is 0.234 e. The van der Waals surface area contributed by atoms with Gasteiger partial charge in [0.1, 0.15) is 5.75 Å². The molecule has 0 saturated heterocycles. The van der Waals surface area contributed by atoms with Crippen LogP contribution in [0, 0.1) is 0 Å². The highest BCUT2D eigenvalue weighted by Crippen LogP contribution is 2.32. The summed E-state index contributed by atoms with van der Waals surface area (Å²) in [6.07, 6.45) is 5.79. The van der Waals surface area contributed by atoms with E-state index in [4.69, 9.17) is 17.4 Å². The van der Waals surface area contributed by atoms with Crippen molar-refractivity contribution >= 4 is 35.0 Å². The zero-order valence-corrected chi connectivity index (χ0v) is 15.2. The van der Waals surface area contributed by atoms with E-state index in [0.717, 1.165) is 18.7 Å². The maximum absolute atomic E-state index is 12.1. The van der Waals surface area contributed by atoms with Crippen LogP contribution < -0.4 is 11.2 Å². The molecule has 1 heterocycles. The summed E-state index contributed by atoms with van der Waals surface area (Å²) in [6, 6.07) is 4.47. The number of phenolic OH excluding ortho intramolecular Hbond substituents is 1. The van der Waals surface area contributed by atoms with Crippen LogP contribution in [0.2, 0.25) is 5.02 Å². The Morgan fingerprint density at radius 2 is 2.12 bits per heavy atom. The summed E-state index contributed by atoms with van der Waals surface area (Å²) < 4.78 is 1.49. The van der Waals surface area contributed by atoms with Gasteiger partial charge in [-0.3, -0.25) is 4.79 Å². The highest BCUT2D eigenvalue weighted by molar-refractivity contribution is 7.99. The third-order valence-corrected chi connectivity index (χ3v) is 5.40. The van der Waals surface area contributed by atoms with Crippen molar-refractivity contribution in [2.45, 2.75) is 43.2 Å². The van der Waals surface area contributed by atoms with E-state index in [9.17, 15) is 9.90 Å². The van der Waals surface area contributed by atoms with Crippen LogP contribution in [0.5, 0.6) is 5.75 Å². The fourth-order valence-electron chi connectivity index (χ4n) is 2.95. The van der Waals surface area contributed by atoms with Crippen molar-refractivity contribution in [3.8, 4) is 5.75 Å². The minimum absolute atomic E-state index is 0.0377. The number of aromatic nitrogens is 3. The predicted octanol–water partition coefficient (Wildman–Crippen LogP) is 3.13. The van der Waals surface area contributed by atoms with Crippen molar-refractivity contribution in [1.29, 1.82) is 0 Å². The maximum atomic E-state index is 12.1. The Labute approximate surface area is 154 Å². The van der Waals surface area contributed by atoms with E-state index in [-0.39, 0.29) is 23.1 Å². The molecule has 0 aliphatic heterocycles. The van der Waals surface area contributed by atoms with Crippen LogP contribution in [0.4, 0.5) is 5.69 Å². The average Bonchev–Trinajstić information content (AvgIpc) is 2.98. The number of carbonyl (C=O) groups is 1. The Bertz CT molecular complexity index is 761. The minimum atomic E-state index is -0.287. The van der Waals surface area contributed by atoms with Crippen LogP contribution in [-0.2, 0) is 4.79 Å². The quantitative estimate of drug-likeness (QED) is 0.417. The first kappa shape index (κ1) is 17.9. The monoisotopic (exact) mass is 381 g/mol. The highest BCUT2D eigenvalue weighted by Gasteiger charge is 2.22. The molecule has 0 bridgehead atoms. The molecule has 1 aliphatic rings. The number of amides is 1. The van der Waals surface area contributed by atoms with Crippen LogP contribution in [-0.4, -0.2) is 31.6 Å². The average molecular weight is 382 g/mol. The molecule has 3 rings (SSSR count). The van der Waals surface area contributed by atoms with Gasteiger partial charge < -0.3 is 16.3 Å². The Balaban J connectivity index is 1.59. The second kappa shape index (κ2) is 7.97. The van der Waals surface area contributed by atoms with Crippen molar-refractivity contribution in [2.24, 2.45) is 0 Å². The zero-order valence-electron chi connectivity index (χ0n) is 13.6. The summed E-state index contributed by atoms with van der Waals surface area (Å²) in [5.74, 6) is 7.01. The molecule has 1 saturated carbocycles. The van der Waals surface area contributed by atoms with Gasteiger partial charge in [-0.2, -0.15) is 0 Å². The Hall–Kier alpha value is -1.93. The van der Waals surface area contributed by atoms with E-state index in [1.165, 1.54) is 47.8 Å². The minimum Gasteiger partial charge on any atom is -0.506 e. The van der Waals surface area contributed by atoms with Crippen LogP contribution in [0.1, 0.15) is 43.8 Å². The molecule has 2 aromatic rings. The first-order valence-electron chi connectivity index (χ1n) is 8.16. The van der Waals surface area contributed by atoms with Gasteiger partial charge in [0.05, 0.1) is 11.4 Å². The summed E-state index contributed by atoms with van der Waals surface area (Å²) in [5.41, 5.74) is 0.273. The Morgan fingerprint density at radius 1 is 1.36 bits per heavy atom. The molecule has 134 valence electrons. The van der Waals surface area contributed by atoms with Crippen LogP contribution >= 0.6 is 23.4 Å². The fraction of sp³-hybridized carbons (Fsp3) is 0.438. The third-order valence-electron chi connectivity index (χ3n) is 4.23. The number of phenols is 1. The molecule has 25 heavy (non-hydrogen) atoms. The van der Waals surface area contributed by atoms with E-state index >= 15 is 0 Å². The van der Waals surface area contributed by atoms with Crippen molar-refractivity contribution in [2.75, 3.05) is 16.9 Å². The third kappa shape index (κ3) is 4.38. The molecule has 0 spiro atoms. The molecule has 0 atom stereocenters. The van der Waals surface area contributed by atoms with E-state index in [0.29, 0.717) is 16.1 Å². The molecule has 1 amide bonds. The van der Waals surface area contributed by atoms with Crippen molar-refractivity contribution < 1.29 is 9.90 Å². The van der Waals surface area contributed by atoms with E-state index in [1.807, 2.05) is 0 Å². The van der Waals surface area contributed by atoms with Gasteiger partial charge in [-0.1, -0.05) is 42.6 Å². The first-order chi connectivity index (χ1) is 12.0. The van der Waals surface area contributed by atoms with Crippen LogP contribution in [0.3, 0.4) is 0 Å². The lowest BCUT2D eigenvalue weighted by atomic mass is 9.89. The standard InChI is InChI=1S/C16H20ClN5O2S/c17-11-6-7-13(23)12(8-11)19-14(24)9-25-16-21-20-15(22(16)18)10-4-2-1-3-5-10/h6-8,10,23H,1-5,9,18H2,(H,19,24). The molecule has 0 radical (unpaired) electrons. The molecule has 1 aromatic heterocycles. The summed E-state index contributed by atoms with van der Waals surface area (Å²) >= 11 is 7.07. The van der Waals surface area contributed by atoms with E-state index in [2.05, 4.69) is 15.5 Å². The second-order valence-electron chi connectivity index (χ2n) is 6.04. The van der Waals surface area contributed by atoms with E-state index in [1.54, 1.807) is 6.07 Å². The summed E-state index contributed by atoms with van der Waals surface area (Å²) in [6.45, 7) is 0. The number of rotatable bonds is 5. The molecule has 1 aliphatic carbocycles. The number of halogens is 1. The van der Waals surface area contributed by atoms with Crippen LogP contribution in [0.15, 0.2) is 23.4 Å². The lowest BCUT2D eigenvalue weighted by Crippen LogP contribution is -2.19. The van der Waals surface area contributed by atoms with Gasteiger partial charge in [0, 0.05) is 10.9 Å². The molecule has 0 unspecified atom stereocenters. The predicted molar refractivity (Wildman–Crippen MR) is 98.5 cm³/mol. The summed E-state index contributed by atoms with van der Waals surface area (Å²) in [5, 5.41) is 21.6. The zero-order chi connectivity index (χ0) is 17.8. The number of hydrogen-bond donors (Lipinski definition) is 3. The number of anilines is 1. The van der Waals surface area contributed by atoms with Crippen molar-refractivity contribution in [3.63, 3.8) is 0 Å². The lowest BCUT2D eigenvalue weighted by molar-refractivity contribution is -0.113. The normalized spacial score (nSPS) is 15.2. The number of hydrogen-bond acceptors (Lipinski definition) is 6. The largest absolute Gasteiger partial charge is 0.506 e. The Morgan fingerprint density at radius 3 is 2.88 bits per heavy atom. The smallest absolute Gasteiger partial charge is 0.234 e. The molecular formula is C16H20ClN5O2S. The number of nitrogens with zero attached hydrogens (tertiary/aromatic N) is 3. The molecule has 9 heteroatoms. The number of nitrogens with two attached hydrogens (primary N) is 1. The Kier molecular flexibility index (Phi) is 5.70. The van der Waals surface area contributed by atoms with E-state index < -0.39 is 0 Å².